The summed E-state index contributed by atoms with van der Waals surface area (Å²) in [7, 11) is -3.64. The van der Waals surface area contributed by atoms with Gasteiger partial charge in [0.15, 0.2) is 0 Å². The number of nitrogens with zero attached hydrogens (tertiary/aromatic N) is 4. The monoisotopic (exact) mass is 475 g/mol. The molecule has 5 rings (SSSR count). The number of benzene rings is 1. The van der Waals surface area contributed by atoms with Crippen molar-refractivity contribution in [1.29, 1.82) is 0 Å². The molecule has 1 saturated heterocycles. The number of morpholine rings is 1. The van der Waals surface area contributed by atoms with Crippen LogP contribution in [-0.2, 0) is 14.8 Å². The second-order valence-electron chi connectivity index (χ2n) is 8.04. The van der Waals surface area contributed by atoms with Gasteiger partial charge in [-0.1, -0.05) is 12.1 Å². The van der Waals surface area contributed by atoms with Crippen LogP contribution in [0.4, 0.5) is 0 Å². The topological polar surface area (TPSA) is 97.3 Å². The van der Waals surface area contributed by atoms with Gasteiger partial charge in [0.2, 0.25) is 10.0 Å². The number of hydrogen-bond donors (Lipinski definition) is 1. The summed E-state index contributed by atoms with van der Waals surface area (Å²) in [4.78, 5) is 15.8. The van der Waals surface area contributed by atoms with Crippen LogP contribution < -0.4 is 4.72 Å². The first kappa shape index (κ1) is 22.5. The van der Waals surface area contributed by atoms with Gasteiger partial charge in [0.25, 0.3) is 0 Å². The van der Waals surface area contributed by atoms with Crippen LogP contribution in [0.1, 0.15) is 0 Å². The summed E-state index contributed by atoms with van der Waals surface area (Å²) in [6.45, 7) is 4.02. The Balaban J connectivity index is 1.41. The summed E-state index contributed by atoms with van der Waals surface area (Å²) < 4.78 is 33.9. The Hall–Kier alpha value is -3.24. The van der Waals surface area contributed by atoms with Crippen molar-refractivity contribution in [2.75, 3.05) is 39.4 Å². The van der Waals surface area contributed by atoms with Gasteiger partial charge in [0, 0.05) is 55.9 Å². The Morgan fingerprint density at radius 2 is 1.76 bits per heavy atom. The zero-order valence-corrected chi connectivity index (χ0v) is 19.4. The molecule has 0 unspecified atom stereocenters. The molecular weight excluding hydrogens is 450 g/mol. The Labute approximate surface area is 198 Å². The lowest BCUT2D eigenvalue weighted by Gasteiger charge is -2.26. The van der Waals surface area contributed by atoms with Crippen molar-refractivity contribution >= 4 is 21.1 Å². The SMILES string of the molecule is O=S(=O)(NCCN1CCOCC1)c1cccc(-c2ccc3nccc(-c4ccncc4)c3n2)c1. The van der Waals surface area contributed by atoms with Crippen molar-refractivity contribution in [1.82, 2.24) is 24.6 Å². The van der Waals surface area contributed by atoms with Crippen LogP contribution in [0.5, 0.6) is 0 Å². The van der Waals surface area contributed by atoms with Crippen LogP contribution in [0.3, 0.4) is 0 Å². The number of pyridine rings is 3. The Morgan fingerprint density at radius 1 is 0.941 bits per heavy atom. The lowest BCUT2D eigenvalue weighted by molar-refractivity contribution is 0.0390. The molecule has 0 atom stereocenters. The number of hydrogen-bond acceptors (Lipinski definition) is 7. The van der Waals surface area contributed by atoms with Gasteiger partial charge in [0.1, 0.15) is 0 Å². The molecule has 1 aliphatic rings. The molecule has 1 aromatic carbocycles. The summed E-state index contributed by atoms with van der Waals surface area (Å²) in [5, 5.41) is 0. The Kier molecular flexibility index (Phi) is 6.59. The average molecular weight is 476 g/mol. The first-order valence-corrected chi connectivity index (χ1v) is 12.6. The third kappa shape index (κ3) is 4.97. The lowest BCUT2D eigenvalue weighted by atomic mass is 10.0. The van der Waals surface area contributed by atoms with E-state index >= 15 is 0 Å². The zero-order chi connectivity index (χ0) is 23.4. The maximum absolute atomic E-state index is 12.9. The first-order valence-electron chi connectivity index (χ1n) is 11.2. The molecule has 0 radical (unpaired) electrons. The molecule has 0 aliphatic carbocycles. The van der Waals surface area contributed by atoms with E-state index < -0.39 is 10.0 Å². The second-order valence-corrected chi connectivity index (χ2v) is 9.81. The standard InChI is InChI=1S/C25H25N5O3S/c31-34(32,28-12-13-30-14-16-33-17-15-30)21-3-1-2-20(18-21)23-4-5-24-25(29-23)22(8-11-27-24)19-6-9-26-10-7-19/h1-11,18,28H,12-17H2. The molecule has 34 heavy (non-hydrogen) atoms. The van der Waals surface area contributed by atoms with E-state index in [-0.39, 0.29) is 4.90 Å². The second kappa shape index (κ2) is 9.94. The van der Waals surface area contributed by atoms with Gasteiger partial charge in [-0.05, 0) is 48.0 Å². The molecule has 0 saturated carbocycles. The smallest absolute Gasteiger partial charge is 0.240 e. The molecule has 8 nitrogen and oxygen atoms in total. The van der Waals surface area contributed by atoms with Crippen LogP contribution in [0, 0.1) is 0 Å². The molecule has 0 amide bonds. The molecule has 4 aromatic rings. The van der Waals surface area contributed by atoms with Crippen LogP contribution >= 0.6 is 0 Å². The number of fused-ring (bicyclic) bond motifs is 1. The predicted octanol–water partition coefficient (Wildman–Crippen LogP) is 2.97. The van der Waals surface area contributed by atoms with Gasteiger partial charge >= 0.3 is 0 Å². The van der Waals surface area contributed by atoms with Crippen molar-refractivity contribution in [3.63, 3.8) is 0 Å². The van der Waals surface area contributed by atoms with Crippen LogP contribution in [-0.4, -0.2) is 67.7 Å². The third-order valence-corrected chi connectivity index (χ3v) is 7.30. The fraction of sp³-hybridized carbons (Fsp3) is 0.240. The molecule has 1 N–H and O–H groups in total. The molecule has 1 fully saturated rings. The summed E-state index contributed by atoms with van der Waals surface area (Å²) in [5.74, 6) is 0. The molecule has 0 spiro atoms. The van der Waals surface area contributed by atoms with E-state index in [1.54, 1.807) is 36.8 Å². The zero-order valence-electron chi connectivity index (χ0n) is 18.6. The number of aromatic nitrogens is 3. The van der Waals surface area contributed by atoms with Gasteiger partial charge in [-0.3, -0.25) is 14.9 Å². The molecule has 1 aliphatic heterocycles. The summed E-state index contributed by atoms with van der Waals surface area (Å²) in [6, 6.07) is 16.4. The average Bonchev–Trinajstić information content (AvgIpc) is 2.89. The van der Waals surface area contributed by atoms with Gasteiger partial charge in [-0.25, -0.2) is 18.1 Å². The Morgan fingerprint density at radius 3 is 2.59 bits per heavy atom. The van der Waals surface area contributed by atoms with E-state index in [9.17, 15) is 8.42 Å². The van der Waals surface area contributed by atoms with Crippen molar-refractivity contribution in [2.45, 2.75) is 4.90 Å². The maximum atomic E-state index is 12.9. The first-order chi connectivity index (χ1) is 16.6. The van der Waals surface area contributed by atoms with Crippen molar-refractivity contribution in [2.24, 2.45) is 0 Å². The lowest BCUT2D eigenvalue weighted by Crippen LogP contribution is -2.41. The van der Waals surface area contributed by atoms with E-state index in [0.29, 0.717) is 32.0 Å². The third-order valence-electron chi connectivity index (χ3n) is 5.84. The van der Waals surface area contributed by atoms with Gasteiger partial charge in [-0.15, -0.1) is 0 Å². The molecule has 3 aromatic heterocycles. The summed E-state index contributed by atoms with van der Waals surface area (Å²) >= 11 is 0. The van der Waals surface area contributed by atoms with Crippen LogP contribution in [0.25, 0.3) is 33.4 Å². The quantitative estimate of drug-likeness (QED) is 0.439. The van der Waals surface area contributed by atoms with Crippen LogP contribution in [0.15, 0.2) is 78.1 Å². The predicted molar refractivity (Wildman–Crippen MR) is 131 cm³/mol. The maximum Gasteiger partial charge on any atom is 0.240 e. The highest BCUT2D eigenvalue weighted by Crippen LogP contribution is 2.29. The number of sulfonamides is 1. The highest BCUT2D eigenvalue weighted by Gasteiger charge is 2.17. The summed E-state index contributed by atoms with van der Waals surface area (Å²) in [6.07, 6.45) is 5.24. The van der Waals surface area contributed by atoms with Crippen molar-refractivity contribution in [3.8, 4) is 22.4 Å². The van der Waals surface area contributed by atoms with E-state index in [2.05, 4.69) is 19.6 Å². The van der Waals surface area contributed by atoms with Gasteiger partial charge in [0.05, 0.1) is 34.8 Å². The molecule has 174 valence electrons. The van der Waals surface area contributed by atoms with E-state index in [4.69, 9.17) is 9.72 Å². The minimum Gasteiger partial charge on any atom is -0.379 e. The Bertz CT molecular complexity index is 1390. The minimum atomic E-state index is -3.64. The minimum absolute atomic E-state index is 0.217. The largest absolute Gasteiger partial charge is 0.379 e. The number of nitrogens with one attached hydrogen (secondary N) is 1. The van der Waals surface area contributed by atoms with Crippen LogP contribution in [0.2, 0.25) is 0 Å². The highest BCUT2D eigenvalue weighted by atomic mass is 32.2. The van der Waals surface area contributed by atoms with E-state index in [1.165, 1.54) is 0 Å². The highest BCUT2D eigenvalue weighted by molar-refractivity contribution is 7.89. The van der Waals surface area contributed by atoms with Gasteiger partial charge < -0.3 is 4.74 Å². The van der Waals surface area contributed by atoms with E-state index in [1.807, 2.05) is 36.4 Å². The summed E-state index contributed by atoms with van der Waals surface area (Å²) in [5.41, 5.74) is 4.87. The molecule has 4 heterocycles. The normalized spacial score (nSPS) is 14.9. The fourth-order valence-corrected chi connectivity index (χ4v) is 5.09. The van der Waals surface area contributed by atoms with Gasteiger partial charge in [-0.2, -0.15) is 0 Å². The van der Waals surface area contributed by atoms with Crippen molar-refractivity contribution in [3.05, 3.63) is 73.2 Å². The van der Waals surface area contributed by atoms with E-state index in [0.717, 1.165) is 40.8 Å². The molecular formula is C25H25N5O3S. The number of ether oxygens (including phenoxy) is 1. The fourth-order valence-electron chi connectivity index (χ4n) is 4.02. The number of rotatable bonds is 7. The molecule has 0 bridgehead atoms. The van der Waals surface area contributed by atoms with Crippen molar-refractivity contribution < 1.29 is 13.2 Å². The molecule has 9 heteroatoms.